The highest BCUT2D eigenvalue weighted by Crippen LogP contribution is 2.24. The molecular weight excluding hydrogens is 362 g/mol. The van der Waals surface area contributed by atoms with Crippen LogP contribution in [0, 0.1) is 13.8 Å². The molecule has 0 aliphatic carbocycles. The number of benzene rings is 1. The average Bonchev–Trinajstić information content (AvgIpc) is 2.92. The number of nitrogen functional groups attached to an aromatic ring is 1. The van der Waals surface area contributed by atoms with E-state index in [9.17, 15) is 4.79 Å². The van der Waals surface area contributed by atoms with E-state index in [1.165, 1.54) is 16.4 Å². The first kappa shape index (κ1) is 21.1. The van der Waals surface area contributed by atoms with Gasteiger partial charge < -0.3 is 15.5 Å². The molecule has 0 spiro atoms. The van der Waals surface area contributed by atoms with Crippen molar-refractivity contribution in [3.63, 3.8) is 0 Å². The molecule has 2 rings (SSSR count). The molecule has 0 atom stereocenters. The molecule has 0 unspecified atom stereocenters. The molecule has 0 bridgehead atoms. The number of ether oxygens (including phenoxy) is 1. The van der Waals surface area contributed by atoms with Gasteiger partial charge in [0.15, 0.2) is 5.82 Å². The molecule has 0 fully saturated rings. The van der Waals surface area contributed by atoms with Crippen LogP contribution in [0.3, 0.4) is 0 Å². The number of hydrogen-bond acceptors (Lipinski definition) is 6. The van der Waals surface area contributed by atoms with Crippen LogP contribution in [0.25, 0.3) is 0 Å². The molecule has 27 heavy (non-hydrogen) atoms. The molecule has 0 aliphatic heterocycles. The summed E-state index contributed by atoms with van der Waals surface area (Å²) in [5.41, 5.74) is 2.11. The zero-order chi connectivity index (χ0) is 20.1. The minimum Gasteiger partial charge on any atom is -0.485 e. The van der Waals surface area contributed by atoms with Gasteiger partial charge in [-0.2, -0.15) is 0 Å². The third-order valence-electron chi connectivity index (χ3n) is 4.21. The number of aryl methyl sites for hydroxylation is 2. The van der Waals surface area contributed by atoms with Crippen LogP contribution in [0.5, 0.6) is 5.75 Å². The largest absolute Gasteiger partial charge is 0.485 e. The van der Waals surface area contributed by atoms with Gasteiger partial charge >= 0.3 is 0 Å². The zero-order valence-corrected chi connectivity index (χ0v) is 17.7. The second kappa shape index (κ2) is 9.12. The minimum atomic E-state index is 0.0568. The quantitative estimate of drug-likeness (QED) is 0.550. The highest BCUT2D eigenvalue weighted by Gasteiger charge is 2.21. The van der Waals surface area contributed by atoms with Gasteiger partial charge in [0.1, 0.15) is 12.4 Å². The molecule has 7 nitrogen and oxygen atoms in total. The highest BCUT2D eigenvalue weighted by molar-refractivity contribution is 7.99. The van der Waals surface area contributed by atoms with E-state index in [1.807, 2.05) is 64.6 Å². The molecular formula is C19H29N5O2S. The smallest absolute Gasteiger partial charge is 0.233 e. The summed E-state index contributed by atoms with van der Waals surface area (Å²) in [5, 5.41) is 8.69. The summed E-state index contributed by atoms with van der Waals surface area (Å²) in [7, 11) is 0. The summed E-state index contributed by atoms with van der Waals surface area (Å²) in [5.74, 6) is 7.75. The fourth-order valence-corrected chi connectivity index (χ4v) is 3.79. The first-order valence-corrected chi connectivity index (χ1v) is 10.0. The Morgan fingerprint density at radius 1 is 1.19 bits per heavy atom. The monoisotopic (exact) mass is 391 g/mol. The van der Waals surface area contributed by atoms with Crippen LogP contribution in [0.15, 0.2) is 23.4 Å². The van der Waals surface area contributed by atoms with Crippen molar-refractivity contribution in [2.45, 2.75) is 65.4 Å². The summed E-state index contributed by atoms with van der Waals surface area (Å²) in [6, 6.07) is 6.28. The summed E-state index contributed by atoms with van der Waals surface area (Å²) in [4.78, 5) is 14.3. The average molecular weight is 392 g/mol. The van der Waals surface area contributed by atoms with E-state index >= 15 is 0 Å². The molecule has 0 radical (unpaired) electrons. The first-order valence-electron chi connectivity index (χ1n) is 9.04. The fraction of sp³-hybridized carbons (Fsp3) is 0.526. The Hall–Kier alpha value is -2.22. The van der Waals surface area contributed by atoms with Crippen molar-refractivity contribution in [1.82, 2.24) is 19.8 Å². The lowest BCUT2D eigenvalue weighted by molar-refractivity contribution is -0.131. The number of nitrogens with two attached hydrogens (primary N) is 1. The number of thioether (sulfide) groups is 1. The van der Waals surface area contributed by atoms with Crippen LogP contribution in [0.2, 0.25) is 0 Å². The van der Waals surface area contributed by atoms with Crippen LogP contribution in [0.1, 0.15) is 44.6 Å². The van der Waals surface area contributed by atoms with Crippen molar-refractivity contribution >= 4 is 17.7 Å². The van der Waals surface area contributed by atoms with Crippen molar-refractivity contribution in [2.24, 2.45) is 0 Å². The summed E-state index contributed by atoms with van der Waals surface area (Å²) in [6.07, 6.45) is 0. The van der Waals surface area contributed by atoms with E-state index in [4.69, 9.17) is 10.6 Å². The Morgan fingerprint density at radius 2 is 1.78 bits per heavy atom. The maximum Gasteiger partial charge on any atom is 0.233 e. The third kappa shape index (κ3) is 5.15. The Bertz CT molecular complexity index is 760. The summed E-state index contributed by atoms with van der Waals surface area (Å²) < 4.78 is 7.28. The molecule has 1 aromatic carbocycles. The van der Waals surface area contributed by atoms with Gasteiger partial charge in [0.2, 0.25) is 11.1 Å². The van der Waals surface area contributed by atoms with Crippen LogP contribution in [-0.4, -0.2) is 43.5 Å². The predicted molar refractivity (Wildman–Crippen MR) is 108 cm³/mol. The number of nitrogens with zero attached hydrogens (tertiary/aromatic N) is 4. The number of rotatable bonds is 8. The van der Waals surface area contributed by atoms with E-state index in [-0.39, 0.29) is 30.4 Å². The fourth-order valence-electron chi connectivity index (χ4n) is 3.04. The SMILES string of the molecule is Cc1cccc(C)c1OCc1nnc(SCC(=O)N(C(C)C)C(C)C)n1N. The summed E-state index contributed by atoms with van der Waals surface area (Å²) in [6.45, 7) is 12.3. The van der Waals surface area contributed by atoms with E-state index in [0.717, 1.165) is 16.9 Å². The van der Waals surface area contributed by atoms with Crippen LogP contribution in [0.4, 0.5) is 0 Å². The van der Waals surface area contributed by atoms with Crippen molar-refractivity contribution < 1.29 is 9.53 Å². The van der Waals surface area contributed by atoms with Gasteiger partial charge in [0.05, 0.1) is 5.75 Å². The zero-order valence-electron chi connectivity index (χ0n) is 16.9. The molecule has 8 heteroatoms. The van der Waals surface area contributed by atoms with Crippen LogP contribution < -0.4 is 10.6 Å². The highest BCUT2D eigenvalue weighted by atomic mass is 32.2. The van der Waals surface area contributed by atoms with Crippen molar-refractivity contribution in [3.05, 3.63) is 35.2 Å². The van der Waals surface area contributed by atoms with E-state index in [1.54, 1.807) is 0 Å². The van der Waals surface area contributed by atoms with Gasteiger partial charge in [0, 0.05) is 12.1 Å². The molecule has 148 valence electrons. The second-order valence-electron chi connectivity index (χ2n) is 7.06. The number of hydrogen-bond donors (Lipinski definition) is 1. The lowest BCUT2D eigenvalue weighted by atomic mass is 10.1. The molecule has 1 heterocycles. The number of amides is 1. The lowest BCUT2D eigenvalue weighted by Crippen LogP contribution is -2.43. The van der Waals surface area contributed by atoms with Crippen molar-refractivity contribution in [3.8, 4) is 5.75 Å². The van der Waals surface area contributed by atoms with E-state index < -0.39 is 0 Å². The molecule has 1 aromatic heterocycles. The Morgan fingerprint density at radius 3 is 2.33 bits per heavy atom. The Labute approximate surface area is 165 Å². The number of para-hydroxylation sites is 1. The van der Waals surface area contributed by atoms with Crippen LogP contribution >= 0.6 is 11.8 Å². The molecule has 0 aliphatic rings. The topological polar surface area (TPSA) is 86.3 Å². The van der Waals surface area contributed by atoms with Gasteiger partial charge in [-0.15, -0.1) is 10.2 Å². The maximum absolute atomic E-state index is 12.5. The molecule has 0 saturated carbocycles. The molecule has 2 N–H and O–H groups in total. The minimum absolute atomic E-state index is 0.0568. The lowest BCUT2D eigenvalue weighted by Gasteiger charge is -2.30. The second-order valence-corrected chi connectivity index (χ2v) is 8.00. The first-order chi connectivity index (χ1) is 12.7. The van der Waals surface area contributed by atoms with Crippen LogP contribution in [-0.2, 0) is 11.4 Å². The number of carbonyl (C=O) groups is 1. The van der Waals surface area contributed by atoms with Gasteiger partial charge in [-0.3, -0.25) is 4.79 Å². The normalized spacial score (nSPS) is 11.3. The van der Waals surface area contributed by atoms with Gasteiger partial charge in [-0.05, 0) is 52.7 Å². The Kier molecular flexibility index (Phi) is 7.12. The number of aromatic nitrogens is 3. The van der Waals surface area contributed by atoms with E-state index in [2.05, 4.69) is 10.2 Å². The molecule has 1 amide bonds. The van der Waals surface area contributed by atoms with Crippen molar-refractivity contribution in [2.75, 3.05) is 11.6 Å². The summed E-state index contributed by atoms with van der Waals surface area (Å²) >= 11 is 1.28. The Balaban J connectivity index is 2.00. The molecule has 0 saturated heterocycles. The van der Waals surface area contributed by atoms with E-state index in [0.29, 0.717) is 11.0 Å². The number of carbonyl (C=O) groups excluding carboxylic acids is 1. The third-order valence-corrected chi connectivity index (χ3v) is 5.14. The molecule has 2 aromatic rings. The maximum atomic E-state index is 12.5. The van der Waals surface area contributed by atoms with Gasteiger partial charge in [-0.1, -0.05) is 30.0 Å². The van der Waals surface area contributed by atoms with Gasteiger partial charge in [0.25, 0.3) is 0 Å². The predicted octanol–water partition coefficient (Wildman–Crippen LogP) is 2.93. The van der Waals surface area contributed by atoms with Gasteiger partial charge in [-0.25, -0.2) is 4.68 Å². The van der Waals surface area contributed by atoms with Crippen molar-refractivity contribution in [1.29, 1.82) is 0 Å². The standard InChI is InChI=1S/C19H29N5O2S/c1-12(2)23(13(3)4)17(25)11-27-19-22-21-16(24(19)20)10-26-18-14(5)8-7-9-15(18)6/h7-9,12-13H,10-11,20H2,1-6H3.